The third-order valence-electron chi connectivity index (χ3n) is 8.21. The van der Waals surface area contributed by atoms with Gasteiger partial charge in [-0.15, -0.1) is 11.8 Å². The summed E-state index contributed by atoms with van der Waals surface area (Å²) in [5, 5.41) is 12.9. The second-order valence-electron chi connectivity index (χ2n) is 11.3. The van der Waals surface area contributed by atoms with E-state index < -0.39 is 17.1 Å². The Morgan fingerprint density at radius 2 is 2.08 bits per heavy atom. The van der Waals surface area contributed by atoms with Gasteiger partial charge < -0.3 is 31.2 Å². The lowest BCUT2D eigenvalue weighted by Crippen LogP contribution is -2.35. The summed E-state index contributed by atoms with van der Waals surface area (Å²) in [6.07, 6.45) is 7.65. The zero-order chi connectivity index (χ0) is 28.9. The molecule has 218 valence electrons. The number of nitrogens with one attached hydrogen (secondary N) is 1. The molecule has 0 aromatic carbocycles. The van der Waals surface area contributed by atoms with Crippen molar-refractivity contribution in [3.63, 3.8) is 0 Å². The van der Waals surface area contributed by atoms with Crippen LogP contribution in [0.3, 0.4) is 0 Å². The number of hydrogen-bond donors (Lipinski definition) is 3. The number of nitrogens with two attached hydrogens (primary N) is 2. The maximum Gasteiger partial charge on any atom is 0.225 e. The Labute approximate surface area is 241 Å². The Morgan fingerprint density at radius 1 is 1.35 bits per heavy atom. The number of ketones is 1. The van der Waals surface area contributed by atoms with E-state index in [1.807, 2.05) is 21.0 Å². The van der Waals surface area contributed by atoms with Crippen LogP contribution in [0.25, 0.3) is 0 Å². The van der Waals surface area contributed by atoms with E-state index >= 15 is 0 Å². The lowest BCUT2D eigenvalue weighted by molar-refractivity contribution is 0.102. The first-order valence-electron chi connectivity index (χ1n) is 14.3. The van der Waals surface area contributed by atoms with E-state index in [2.05, 4.69) is 33.2 Å². The molecule has 0 saturated carbocycles. The van der Waals surface area contributed by atoms with Crippen molar-refractivity contribution in [1.82, 2.24) is 20.2 Å². The summed E-state index contributed by atoms with van der Waals surface area (Å²) in [5.41, 5.74) is 13.6. The molecule has 3 unspecified atom stereocenters. The number of carbonyl (C=O) groups excluding carboxylic acids is 1. The standard InChI is InChI=1S/C29H43N7O3S/c1-5-7-18(36(3)4)17-38-24-15-25(39-19-9-12-33-13-10-19)35-28(34-24)21(37)14-23(31)29(2)11-6-8-22-26(29)20(16-30)27(32)40-22/h14-15,18-20,27,33H,5-13,17,31-32H2,1-4H3/b23-14-/t18?,20?,27?,29-/m1/s1. The van der Waals surface area contributed by atoms with Crippen LogP contribution in [-0.4, -0.2) is 72.0 Å². The number of piperidine rings is 1. The van der Waals surface area contributed by atoms with Gasteiger partial charge in [0.2, 0.25) is 23.4 Å². The van der Waals surface area contributed by atoms with Gasteiger partial charge in [-0.3, -0.25) is 4.79 Å². The van der Waals surface area contributed by atoms with E-state index in [-0.39, 0.29) is 23.3 Å². The smallest absolute Gasteiger partial charge is 0.225 e. The van der Waals surface area contributed by atoms with Crippen LogP contribution in [0.4, 0.5) is 0 Å². The normalized spacial score (nSPS) is 26.4. The number of allylic oxidation sites excluding steroid dienone is 3. The molecule has 1 aliphatic carbocycles. The number of rotatable bonds is 11. The van der Waals surface area contributed by atoms with Crippen molar-refractivity contribution in [2.24, 2.45) is 22.8 Å². The molecular weight excluding hydrogens is 526 g/mol. The number of nitriles is 1. The summed E-state index contributed by atoms with van der Waals surface area (Å²) >= 11 is 1.55. The van der Waals surface area contributed by atoms with Crippen molar-refractivity contribution in [1.29, 1.82) is 5.26 Å². The summed E-state index contributed by atoms with van der Waals surface area (Å²) in [5.74, 6) is -0.259. The zero-order valence-electron chi connectivity index (χ0n) is 24.1. The molecule has 1 aromatic heterocycles. The molecule has 0 bridgehead atoms. The molecule has 1 aromatic rings. The van der Waals surface area contributed by atoms with E-state index in [9.17, 15) is 10.1 Å². The molecule has 0 radical (unpaired) electrons. The highest BCUT2D eigenvalue weighted by molar-refractivity contribution is 8.03. The monoisotopic (exact) mass is 569 g/mol. The molecule has 4 atom stereocenters. The number of nitrogens with zero attached hydrogens (tertiary/aromatic N) is 4. The number of ether oxygens (including phenoxy) is 2. The number of aromatic nitrogens is 2. The minimum atomic E-state index is -0.633. The van der Waals surface area contributed by atoms with Gasteiger partial charge in [-0.05, 0) is 76.2 Å². The molecule has 40 heavy (non-hydrogen) atoms. The first-order chi connectivity index (χ1) is 19.2. The van der Waals surface area contributed by atoms with Gasteiger partial charge in [-0.1, -0.05) is 20.3 Å². The fourth-order valence-corrected chi connectivity index (χ4v) is 7.16. The van der Waals surface area contributed by atoms with Crippen LogP contribution in [0.15, 0.2) is 28.3 Å². The Bertz CT molecular complexity index is 1170. The zero-order valence-corrected chi connectivity index (χ0v) is 24.9. The average molecular weight is 570 g/mol. The van der Waals surface area contributed by atoms with Gasteiger partial charge in [0.05, 0.1) is 23.4 Å². The summed E-state index contributed by atoms with van der Waals surface area (Å²) in [7, 11) is 4.05. The topological polar surface area (TPSA) is 152 Å². The first kappa shape index (κ1) is 30.3. The molecule has 0 amide bonds. The lowest BCUT2D eigenvalue weighted by atomic mass is 9.67. The van der Waals surface area contributed by atoms with E-state index in [0.717, 1.165) is 68.5 Å². The number of carbonyl (C=O) groups is 1. The molecule has 3 aliphatic rings. The fourth-order valence-electron chi connectivity index (χ4n) is 5.76. The van der Waals surface area contributed by atoms with E-state index in [1.165, 1.54) is 6.08 Å². The van der Waals surface area contributed by atoms with Crippen molar-refractivity contribution in [2.45, 2.75) is 76.3 Å². The predicted molar refractivity (Wildman–Crippen MR) is 157 cm³/mol. The molecule has 1 fully saturated rings. The number of hydrogen-bond acceptors (Lipinski definition) is 11. The molecule has 3 heterocycles. The molecule has 5 N–H and O–H groups in total. The quantitative estimate of drug-likeness (QED) is 0.266. The second kappa shape index (κ2) is 13.3. The molecular formula is C29H43N7O3S. The van der Waals surface area contributed by atoms with Crippen LogP contribution in [0, 0.1) is 22.7 Å². The maximum atomic E-state index is 13.6. The molecule has 0 spiro atoms. The highest BCUT2D eigenvalue weighted by atomic mass is 32.2. The summed E-state index contributed by atoms with van der Waals surface area (Å²) < 4.78 is 12.3. The van der Waals surface area contributed by atoms with Crippen LogP contribution in [0.5, 0.6) is 11.8 Å². The average Bonchev–Trinajstić information content (AvgIpc) is 3.27. The minimum absolute atomic E-state index is 0.000627. The van der Waals surface area contributed by atoms with Crippen LogP contribution < -0.4 is 26.3 Å². The lowest BCUT2D eigenvalue weighted by Gasteiger charge is -2.37. The minimum Gasteiger partial charge on any atom is -0.476 e. The Morgan fingerprint density at radius 3 is 2.75 bits per heavy atom. The SMILES string of the molecule is CCCC(COc1cc(OC2CCNCC2)nc(C(=O)/C=C(\N)[C@@]2(C)CCCC3=C2C(C#N)C(N)S3)n1)N(C)C. The predicted octanol–water partition coefficient (Wildman–Crippen LogP) is 3.36. The molecule has 10 nitrogen and oxygen atoms in total. The number of likely N-dealkylation sites (N-methyl/N-ethyl adjacent to an activating group) is 1. The molecule has 1 saturated heterocycles. The Balaban J connectivity index is 1.62. The second-order valence-corrected chi connectivity index (χ2v) is 12.6. The van der Waals surface area contributed by atoms with Gasteiger partial charge in [-0.2, -0.15) is 15.2 Å². The Hall–Kier alpha value is -2.65. The summed E-state index contributed by atoms with van der Waals surface area (Å²) in [6, 6.07) is 4.24. The summed E-state index contributed by atoms with van der Waals surface area (Å²) in [4.78, 5) is 25.8. The molecule has 4 rings (SSSR count). The third-order valence-corrected chi connectivity index (χ3v) is 9.46. The largest absolute Gasteiger partial charge is 0.476 e. The van der Waals surface area contributed by atoms with Crippen LogP contribution in [-0.2, 0) is 0 Å². The van der Waals surface area contributed by atoms with Crippen molar-refractivity contribution in [3.8, 4) is 17.8 Å². The van der Waals surface area contributed by atoms with Crippen LogP contribution in [0.1, 0.15) is 69.4 Å². The third kappa shape index (κ3) is 6.79. The summed E-state index contributed by atoms with van der Waals surface area (Å²) in [6.45, 7) is 6.31. The van der Waals surface area contributed by atoms with E-state index in [4.69, 9.17) is 20.9 Å². The van der Waals surface area contributed by atoms with Crippen molar-refractivity contribution in [3.05, 3.63) is 34.1 Å². The fraction of sp³-hybridized carbons (Fsp3) is 0.655. The maximum absolute atomic E-state index is 13.6. The van der Waals surface area contributed by atoms with Gasteiger partial charge >= 0.3 is 0 Å². The molecule has 11 heteroatoms. The van der Waals surface area contributed by atoms with Crippen molar-refractivity contribution in [2.75, 3.05) is 33.8 Å². The van der Waals surface area contributed by atoms with E-state index in [0.29, 0.717) is 24.1 Å². The van der Waals surface area contributed by atoms with Gasteiger partial charge in [0.1, 0.15) is 12.7 Å². The highest BCUT2D eigenvalue weighted by Crippen LogP contribution is 2.56. The van der Waals surface area contributed by atoms with E-state index in [1.54, 1.807) is 17.8 Å². The first-order valence-corrected chi connectivity index (χ1v) is 15.2. The van der Waals surface area contributed by atoms with Crippen LogP contribution in [0.2, 0.25) is 0 Å². The Kier molecular flexibility index (Phi) is 10.1. The van der Waals surface area contributed by atoms with Crippen LogP contribution >= 0.6 is 11.8 Å². The molecule has 2 aliphatic heterocycles. The highest BCUT2D eigenvalue weighted by Gasteiger charge is 2.47. The van der Waals surface area contributed by atoms with Gasteiger partial charge in [0.25, 0.3) is 0 Å². The van der Waals surface area contributed by atoms with Gasteiger partial charge in [0, 0.05) is 23.2 Å². The van der Waals surface area contributed by atoms with Crippen molar-refractivity contribution >= 4 is 17.5 Å². The number of thioether (sulfide) groups is 1. The van der Waals surface area contributed by atoms with Gasteiger partial charge in [-0.25, -0.2) is 0 Å². The van der Waals surface area contributed by atoms with Gasteiger partial charge in [0.15, 0.2) is 0 Å². The van der Waals surface area contributed by atoms with Crippen molar-refractivity contribution < 1.29 is 14.3 Å².